The number of para-hydroxylation sites is 1. The van der Waals surface area contributed by atoms with Crippen molar-refractivity contribution in [1.29, 1.82) is 5.26 Å². The van der Waals surface area contributed by atoms with Gasteiger partial charge in [0.05, 0.1) is 18.4 Å². The standard InChI is InChI=1S/C19H19N9O/c20-9-14-10-24-18(11-23-14)28-17-8-16(25-12-26-17)22-7-6-15(21)19(29)27-13-4-2-1-3-5-13/h1-5,8,10-12,15H,6-7,21H2,(H,27,29)(H2,22,24,25,26,28)/t15-/m1/s1. The van der Waals surface area contributed by atoms with E-state index in [1.807, 2.05) is 24.3 Å². The number of nitrogens with one attached hydrogen (secondary N) is 3. The van der Waals surface area contributed by atoms with E-state index in [4.69, 9.17) is 11.0 Å². The van der Waals surface area contributed by atoms with Crippen LogP contribution in [0.4, 0.5) is 23.1 Å². The zero-order valence-electron chi connectivity index (χ0n) is 15.4. The highest BCUT2D eigenvalue weighted by molar-refractivity contribution is 5.94. The summed E-state index contributed by atoms with van der Waals surface area (Å²) in [7, 11) is 0. The molecule has 0 aliphatic heterocycles. The normalized spacial score (nSPS) is 11.2. The fraction of sp³-hybridized carbons (Fsp3) is 0.158. The second-order valence-electron chi connectivity index (χ2n) is 5.99. The van der Waals surface area contributed by atoms with Gasteiger partial charge in [-0.1, -0.05) is 18.2 Å². The molecule has 0 saturated heterocycles. The van der Waals surface area contributed by atoms with E-state index in [0.29, 0.717) is 36.1 Å². The van der Waals surface area contributed by atoms with Crippen LogP contribution in [0.3, 0.4) is 0 Å². The Morgan fingerprint density at radius 2 is 1.86 bits per heavy atom. The molecule has 0 saturated carbocycles. The third-order valence-corrected chi connectivity index (χ3v) is 3.83. The molecule has 0 fully saturated rings. The van der Waals surface area contributed by atoms with Crippen LogP contribution in [0.5, 0.6) is 0 Å². The average molecular weight is 389 g/mol. The Hall–Kier alpha value is -4.10. The van der Waals surface area contributed by atoms with E-state index in [1.54, 1.807) is 18.2 Å². The molecule has 5 N–H and O–H groups in total. The fourth-order valence-corrected chi connectivity index (χ4v) is 2.35. The maximum atomic E-state index is 12.1. The first-order valence-corrected chi connectivity index (χ1v) is 8.80. The van der Waals surface area contributed by atoms with Crippen LogP contribution in [-0.4, -0.2) is 38.4 Å². The highest BCUT2D eigenvalue weighted by Crippen LogP contribution is 2.14. The van der Waals surface area contributed by atoms with E-state index < -0.39 is 6.04 Å². The first-order valence-electron chi connectivity index (χ1n) is 8.80. The smallest absolute Gasteiger partial charge is 0.241 e. The van der Waals surface area contributed by atoms with E-state index in [9.17, 15) is 4.79 Å². The molecule has 1 atom stereocenters. The van der Waals surface area contributed by atoms with E-state index in [0.717, 1.165) is 0 Å². The van der Waals surface area contributed by atoms with Gasteiger partial charge in [-0.3, -0.25) is 4.79 Å². The maximum absolute atomic E-state index is 12.1. The summed E-state index contributed by atoms with van der Waals surface area (Å²) in [6.07, 6.45) is 4.62. The first kappa shape index (κ1) is 19.7. The highest BCUT2D eigenvalue weighted by atomic mass is 16.2. The van der Waals surface area contributed by atoms with Crippen LogP contribution in [0.25, 0.3) is 0 Å². The lowest BCUT2D eigenvalue weighted by Crippen LogP contribution is -2.37. The number of rotatable bonds is 8. The molecule has 2 heterocycles. The summed E-state index contributed by atoms with van der Waals surface area (Å²) in [6.45, 7) is 0.455. The number of aromatic nitrogens is 4. The summed E-state index contributed by atoms with van der Waals surface area (Å²) in [6, 6.07) is 12.1. The lowest BCUT2D eigenvalue weighted by Gasteiger charge is -2.13. The van der Waals surface area contributed by atoms with Crippen LogP contribution in [0, 0.1) is 11.3 Å². The topological polar surface area (TPSA) is 155 Å². The first-order chi connectivity index (χ1) is 14.1. The molecule has 1 aromatic carbocycles. The van der Waals surface area contributed by atoms with Crippen molar-refractivity contribution in [3.63, 3.8) is 0 Å². The Balaban J connectivity index is 1.48. The van der Waals surface area contributed by atoms with Gasteiger partial charge in [0.25, 0.3) is 0 Å². The number of carbonyl (C=O) groups is 1. The van der Waals surface area contributed by atoms with Crippen molar-refractivity contribution in [3.05, 3.63) is 60.8 Å². The third-order valence-electron chi connectivity index (χ3n) is 3.83. The lowest BCUT2D eigenvalue weighted by molar-refractivity contribution is -0.117. The number of amides is 1. The van der Waals surface area contributed by atoms with E-state index in [1.165, 1.54) is 18.7 Å². The molecule has 10 nitrogen and oxygen atoms in total. The average Bonchev–Trinajstić information content (AvgIpc) is 2.75. The van der Waals surface area contributed by atoms with Crippen LogP contribution in [0.15, 0.2) is 55.1 Å². The Bertz CT molecular complexity index is 987. The Morgan fingerprint density at radius 3 is 2.59 bits per heavy atom. The summed E-state index contributed by atoms with van der Waals surface area (Å²) in [5.41, 5.74) is 6.89. The summed E-state index contributed by atoms with van der Waals surface area (Å²) in [5, 5.41) is 17.6. The molecule has 0 unspecified atom stereocenters. The van der Waals surface area contributed by atoms with Crippen molar-refractivity contribution in [3.8, 4) is 6.07 Å². The minimum absolute atomic E-state index is 0.230. The molecular weight excluding hydrogens is 370 g/mol. The van der Waals surface area contributed by atoms with E-state index in [2.05, 4.69) is 35.9 Å². The van der Waals surface area contributed by atoms with Gasteiger partial charge in [0.2, 0.25) is 5.91 Å². The molecule has 0 aliphatic rings. The largest absolute Gasteiger partial charge is 0.370 e. The lowest BCUT2D eigenvalue weighted by atomic mass is 10.2. The van der Waals surface area contributed by atoms with Crippen LogP contribution in [0.2, 0.25) is 0 Å². The van der Waals surface area contributed by atoms with Crippen LogP contribution in [-0.2, 0) is 4.79 Å². The molecule has 2 aromatic heterocycles. The molecule has 1 amide bonds. The summed E-state index contributed by atoms with van der Waals surface area (Å²) < 4.78 is 0. The molecule has 146 valence electrons. The number of hydrogen-bond donors (Lipinski definition) is 4. The molecule has 3 rings (SSSR count). The minimum Gasteiger partial charge on any atom is -0.370 e. The number of benzene rings is 1. The minimum atomic E-state index is -0.656. The summed E-state index contributed by atoms with van der Waals surface area (Å²) >= 11 is 0. The highest BCUT2D eigenvalue weighted by Gasteiger charge is 2.13. The Kier molecular flexibility index (Phi) is 6.59. The number of anilines is 4. The predicted molar refractivity (Wildman–Crippen MR) is 108 cm³/mol. The molecule has 0 radical (unpaired) electrons. The van der Waals surface area contributed by atoms with E-state index in [-0.39, 0.29) is 11.6 Å². The Labute approximate surface area is 167 Å². The number of carbonyl (C=O) groups excluding carboxylic acids is 1. The predicted octanol–water partition coefficient (Wildman–Crippen LogP) is 1.65. The quantitative estimate of drug-likeness (QED) is 0.450. The van der Waals surface area contributed by atoms with E-state index >= 15 is 0 Å². The third kappa shape index (κ3) is 5.95. The molecule has 10 heteroatoms. The van der Waals surface area contributed by atoms with Gasteiger partial charge in [-0.2, -0.15) is 5.26 Å². The maximum Gasteiger partial charge on any atom is 0.241 e. The van der Waals surface area contributed by atoms with Crippen molar-refractivity contribution in [2.24, 2.45) is 5.73 Å². The van der Waals surface area contributed by atoms with Gasteiger partial charge >= 0.3 is 0 Å². The number of nitrogens with zero attached hydrogens (tertiary/aromatic N) is 5. The monoisotopic (exact) mass is 389 g/mol. The summed E-state index contributed by atoms with van der Waals surface area (Å²) in [4.78, 5) is 28.4. The molecule has 0 aliphatic carbocycles. The van der Waals surface area contributed by atoms with Gasteiger partial charge in [-0.15, -0.1) is 0 Å². The van der Waals surface area contributed by atoms with Crippen molar-refractivity contribution in [2.45, 2.75) is 12.5 Å². The second kappa shape index (κ2) is 9.72. The SMILES string of the molecule is N#Cc1cnc(Nc2cc(NCC[C@@H](N)C(=O)Nc3ccccc3)ncn2)cn1. The van der Waals surface area contributed by atoms with Crippen molar-refractivity contribution >= 4 is 29.0 Å². The van der Waals surface area contributed by atoms with Gasteiger partial charge in [-0.25, -0.2) is 19.9 Å². The number of hydrogen-bond acceptors (Lipinski definition) is 9. The van der Waals surface area contributed by atoms with Gasteiger partial charge in [-0.05, 0) is 18.6 Å². The van der Waals surface area contributed by atoms with Crippen molar-refractivity contribution in [1.82, 2.24) is 19.9 Å². The van der Waals surface area contributed by atoms with Gasteiger partial charge in [0.1, 0.15) is 29.9 Å². The molecular formula is C19H19N9O. The zero-order chi connectivity index (χ0) is 20.5. The fourth-order valence-electron chi connectivity index (χ4n) is 2.35. The number of nitriles is 1. The second-order valence-corrected chi connectivity index (χ2v) is 5.99. The van der Waals surface area contributed by atoms with Gasteiger partial charge in [0.15, 0.2) is 5.69 Å². The van der Waals surface area contributed by atoms with Crippen molar-refractivity contribution in [2.75, 3.05) is 22.5 Å². The van der Waals surface area contributed by atoms with Crippen molar-refractivity contribution < 1.29 is 4.79 Å². The van der Waals surface area contributed by atoms with Gasteiger partial charge in [0, 0.05) is 18.3 Å². The summed E-state index contributed by atoms with van der Waals surface area (Å²) in [5.74, 6) is 1.28. The van der Waals surface area contributed by atoms with Crippen LogP contribution < -0.4 is 21.7 Å². The van der Waals surface area contributed by atoms with Gasteiger partial charge < -0.3 is 21.7 Å². The molecule has 0 bridgehead atoms. The zero-order valence-corrected chi connectivity index (χ0v) is 15.4. The Morgan fingerprint density at radius 1 is 1.07 bits per heavy atom. The number of nitrogens with two attached hydrogens (primary N) is 1. The molecule has 29 heavy (non-hydrogen) atoms. The van der Waals surface area contributed by atoms with Crippen LogP contribution >= 0.6 is 0 Å². The molecule has 3 aromatic rings. The molecule has 0 spiro atoms. The van der Waals surface area contributed by atoms with Crippen LogP contribution in [0.1, 0.15) is 12.1 Å².